The van der Waals surface area contributed by atoms with Gasteiger partial charge >= 0.3 is 0 Å². The molecule has 0 atom stereocenters. The first-order valence-electron chi connectivity index (χ1n) is 14.2. The van der Waals surface area contributed by atoms with Crippen LogP contribution in [0.15, 0.2) is 77.7 Å². The van der Waals surface area contributed by atoms with Crippen LogP contribution >= 0.6 is 11.3 Å². The summed E-state index contributed by atoms with van der Waals surface area (Å²) in [6.07, 6.45) is 5.09. The van der Waals surface area contributed by atoms with Crippen LogP contribution in [0.2, 0.25) is 0 Å². The van der Waals surface area contributed by atoms with Crippen molar-refractivity contribution in [1.29, 1.82) is 0 Å². The van der Waals surface area contributed by atoms with Crippen molar-refractivity contribution >= 4 is 42.6 Å². The second-order valence-corrected chi connectivity index (χ2v) is 13.6. The van der Waals surface area contributed by atoms with E-state index < -0.39 is 10.0 Å². The summed E-state index contributed by atoms with van der Waals surface area (Å²) in [6.45, 7) is 6.99. The van der Waals surface area contributed by atoms with Gasteiger partial charge in [0, 0.05) is 18.2 Å². The van der Waals surface area contributed by atoms with Gasteiger partial charge < -0.3 is 0 Å². The average Bonchev–Trinajstić information content (AvgIpc) is 3.41. The number of carbonyl (C=O) groups excluding carboxylic acids is 1. The Morgan fingerprint density at radius 1 is 0.950 bits per heavy atom. The van der Waals surface area contributed by atoms with Gasteiger partial charge in [0.1, 0.15) is 0 Å². The Morgan fingerprint density at radius 2 is 1.65 bits per heavy atom. The molecule has 0 bridgehead atoms. The number of para-hydroxylation sites is 1. The lowest BCUT2D eigenvalue weighted by Gasteiger charge is -2.32. The van der Waals surface area contributed by atoms with E-state index in [9.17, 15) is 13.2 Å². The predicted octanol–water partition coefficient (Wildman–Crippen LogP) is 7.61. The van der Waals surface area contributed by atoms with Gasteiger partial charge in [-0.15, -0.1) is 0 Å². The van der Waals surface area contributed by atoms with Crippen LogP contribution in [0.4, 0.5) is 5.13 Å². The molecule has 1 fully saturated rings. The number of benzene rings is 3. The van der Waals surface area contributed by atoms with Crippen molar-refractivity contribution in [1.82, 2.24) is 9.29 Å². The van der Waals surface area contributed by atoms with Crippen LogP contribution in [0.1, 0.15) is 80.3 Å². The number of anilines is 1. The fourth-order valence-electron chi connectivity index (χ4n) is 5.59. The highest BCUT2D eigenvalue weighted by molar-refractivity contribution is 7.89. The van der Waals surface area contributed by atoms with E-state index in [1.165, 1.54) is 11.3 Å². The Labute approximate surface area is 241 Å². The molecule has 1 amide bonds. The van der Waals surface area contributed by atoms with Crippen LogP contribution in [0.5, 0.6) is 0 Å². The number of carbonyl (C=O) groups is 1. The maximum atomic E-state index is 14.0. The molecule has 0 spiro atoms. The van der Waals surface area contributed by atoms with Crippen molar-refractivity contribution in [3.8, 4) is 0 Å². The van der Waals surface area contributed by atoms with Gasteiger partial charge in [0.25, 0.3) is 5.91 Å². The number of thiazole rings is 1. The number of sulfonamides is 1. The van der Waals surface area contributed by atoms with Gasteiger partial charge in [-0.25, -0.2) is 13.4 Å². The number of rotatable bonds is 9. The quantitative estimate of drug-likeness (QED) is 0.206. The minimum absolute atomic E-state index is 0.0428. The Balaban J connectivity index is 1.47. The molecule has 0 radical (unpaired) electrons. The van der Waals surface area contributed by atoms with E-state index in [4.69, 9.17) is 4.98 Å². The first kappa shape index (κ1) is 28.5. The van der Waals surface area contributed by atoms with Gasteiger partial charge in [0.15, 0.2) is 5.13 Å². The molecule has 8 heteroatoms. The van der Waals surface area contributed by atoms with E-state index in [0.717, 1.165) is 53.4 Å². The maximum absolute atomic E-state index is 14.0. The topological polar surface area (TPSA) is 70.6 Å². The van der Waals surface area contributed by atoms with Gasteiger partial charge in [-0.2, -0.15) is 4.31 Å². The molecule has 210 valence electrons. The molecular formula is C32H37N3O3S2. The van der Waals surface area contributed by atoms with Crippen LogP contribution in [0, 0.1) is 0 Å². The van der Waals surface area contributed by atoms with Crippen molar-refractivity contribution in [2.75, 3.05) is 11.4 Å². The third-order valence-electron chi connectivity index (χ3n) is 7.72. The van der Waals surface area contributed by atoms with Gasteiger partial charge in [-0.05, 0) is 60.2 Å². The Morgan fingerprint density at radius 3 is 2.30 bits per heavy atom. The molecule has 3 aromatic carbocycles. The summed E-state index contributed by atoms with van der Waals surface area (Å²) in [5.41, 5.74) is 3.50. The third kappa shape index (κ3) is 5.85. The van der Waals surface area contributed by atoms with Crippen LogP contribution in [-0.2, 0) is 16.6 Å². The van der Waals surface area contributed by atoms with E-state index >= 15 is 0 Å². The van der Waals surface area contributed by atoms with Crippen molar-refractivity contribution < 1.29 is 13.2 Å². The standard InChI is InChI=1S/C32H37N3O3S2/c1-4-35(26-14-9-6-10-15-26)40(37,38)27-20-18-25(19-21-27)31(36)34(22-24-12-7-5-8-13-24)32-33-30-28(23(2)3)16-11-17-29(30)39-32/h5,7-8,11-13,16-21,23,26H,4,6,9-10,14-15,22H2,1-3H3. The van der Waals surface area contributed by atoms with Crippen molar-refractivity contribution in [2.24, 2.45) is 0 Å². The molecule has 1 aliphatic carbocycles. The Hall–Kier alpha value is -3.07. The van der Waals surface area contributed by atoms with E-state index in [2.05, 4.69) is 19.9 Å². The molecule has 1 aliphatic rings. The molecule has 0 aliphatic heterocycles. The number of hydrogen-bond acceptors (Lipinski definition) is 5. The summed E-state index contributed by atoms with van der Waals surface area (Å²) in [6, 6.07) is 22.5. The van der Waals surface area contributed by atoms with E-state index in [0.29, 0.717) is 29.7 Å². The zero-order valence-electron chi connectivity index (χ0n) is 23.4. The van der Waals surface area contributed by atoms with Gasteiger partial charge in [-0.3, -0.25) is 9.69 Å². The van der Waals surface area contributed by atoms with E-state index in [-0.39, 0.29) is 16.8 Å². The molecule has 1 saturated carbocycles. The number of hydrogen-bond donors (Lipinski definition) is 0. The van der Waals surface area contributed by atoms with Gasteiger partial charge in [0.2, 0.25) is 10.0 Å². The predicted molar refractivity (Wildman–Crippen MR) is 164 cm³/mol. The molecular weight excluding hydrogens is 539 g/mol. The average molecular weight is 576 g/mol. The summed E-state index contributed by atoms with van der Waals surface area (Å²) in [5.74, 6) is 0.0975. The second-order valence-electron chi connectivity index (χ2n) is 10.7. The second kappa shape index (κ2) is 12.2. The number of nitrogens with zero attached hydrogens (tertiary/aromatic N) is 3. The zero-order valence-corrected chi connectivity index (χ0v) is 25.0. The first-order valence-corrected chi connectivity index (χ1v) is 16.4. The molecule has 0 N–H and O–H groups in total. The highest BCUT2D eigenvalue weighted by atomic mass is 32.2. The minimum Gasteiger partial charge on any atom is -0.279 e. The number of amides is 1. The lowest BCUT2D eigenvalue weighted by Crippen LogP contribution is -2.41. The summed E-state index contributed by atoms with van der Waals surface area (Å²) in [5, 5.41) is 0.628. The summed E-state index contributed by atoms with van der Waals surface area (Å²) in [7, 11) is -3.65. The van der Waals surface area contributed by atoms with E-state index in [1.807, 2.05) is 49.4 Å². The first-order chi connectivity index (χ1) is 19.3. The van der Waals surface area contributed by atoms with Crippen LogP contribution in [0.25, 0.3) is 10.2 Å². The molecule has 1 heterocycles. The summed E-state index contributed by atoms with van der Waals surface area (Å²) < 4.78 is 29.8. The zero-order chi connectivity index (χ0) is 28.3. The monoisotopic (exact) mass is 575 g/mol. The smallest absolute Gasteiger partial charge is 0.260 e. The lowest BCUT2D eigenvalue weighted by molar-refractivity contribution is 0.0985. The van der Waals surface area contributed by atoms with Crippen molar-refractivity contribution in [2.45, 2.75) is 76.3 Å². The Bertz CT molecular complexity index is 1560. The highest BCUT2D eigenvalue weighted by Crippen LogP contribution is 2.35. The largest absolute Gasteiger partial charge is 0.279 e. The fourth-order valence-corrected chi connectivity index (χ4v) is 8.28. The normalized spacial score (nSPS) is 14.7. The summed E-state index contributed by atoms with van der Waals surface area (Å²) in [4.78, 5) is 20.8. The highest BCUT2D eigenvalue weighted by Gasteiger charge is 2.31. The number of fused-ring (bicyclic) bond motifs is 1. The van der Waals surface area contributed by atoms with Crippen LogP contribution in [-0.4, -0.2) is 36.2 Å². The van der Waals surface area contributed by atoms with Crippen molar-refractivity contribution in [3.05, 3.63) is 89.5 Å². The Kier molecular flexibility index (Phi) is 8.68. The van der Waals surface area contributed by atoms with Gasteiger partial charge in [0.05, 0.1) is 21.7 Å². The maximum Gasteiger partial charge on any atom is 0.260 e. The molecule has 4 aromatic rings. The van der Waals surface area contributed by atoms with Crippen LogP contribution < -0.4 is 4.90 Å². The summed E-state index contributed by atoms with van der Waals surface area (Å²) >= 11 is 1.50. The van der Waals surface area contributed by atoms with Crippen molar-refractivity contribution in [3.63, 3.8) is 0 Å². The molecule has 1 aromatic heterocycles. The SMILES string of the molecule is CCN(C1CCCCC1)S(=O)(=O)c1ccc(C(=O)N(Cc2ccccc2)c2nc3c(C(C)C)cccc3s2)cc1. The number of aromatic nitrogens is 1. The third-order valence-corrected chi connectivity index (χ3v) is 10.8. The van der Waals surface area contributed by atoms with E-state index in [1.54, 1.807) is 33.5 Å². The molecule has 40 heavy (non-hydrogen) atoms. The molecule has 0 saturated heterocycles. The van der Waals surface area contributed by atoms with Gasteiger partial charge in [-0.1, -0.05) is 93.8 Å². The lowest BCUT2D eigenvalue weighted by atomic mass is 9.95. The molecule has 5 rings (SSSR count). The minimum atomic E-state index is -3.65. The fraction of sp³-hybridized carbons (Fsp3) is 0.375. The molecule has 0 unspecified atom stereocenters. The van der Waals surface area contributed by atoms with Crippen LogP contribution in [0.3, 0.4) is 0 Å². The molecule has 6 nitrogen and oxygen atoms in total.